The van der Waals surface area contributed by atoms with Crippen molar-refractivity contribution in [2.45, 2.75) is 32.6 Å². The summed E-state index contributed by atoms with van der Waals surface area (Å²) in [5, 5.41) is 0. The highest BCUT2D eigenvalue weighted by Gasteiger charge is 2.35. The molecule has 0 heterocycles. The summed E-state index contributed by atoms with van der Waals surface area (Å²) in [6, 6.07) is 2.77. The Bertz CT molecular complexity index is 526. The predicted octanol–water partition coefficient (Wildman–Crippen LogP) is 5.88. The van der Waals surface area contributed by atoms with Gasteiger partial charge in [0.15, 0.2) is 5.78 Å². The molecule has 21 heavy (non-hydrogen) atoms. The van der Waals surface area contributed by atoms with Gasteiger partial charge in [0.2, 0.25) is 0 Å². The molecule has 1 aromatic rings. The maximum Gasteiger partial charge on any atom is 0.446 e. The lowest BCUT2D eigenvalue weighted by atomic mass is 10.1. The highest BCUT2D eigenvalue weighted by Crippen LogP contribution is 2.46. The summed E-state index contributed by atoms with van der Waals surface area (Å²) in [4.78, 5) is 9.80. The van der Waals surface area contributed by atoms with Crippen LogP contribution in [0.1, 0.15) is 17.3 Å². The molecule has 0 spiro atoms. The molecule has 0 amide bonds. The highest BCUT2D eigenvalue weighted by atomic mass is 79.9. The normalized spacial score (nSPS) is 14.1. The Hall–Kier alpha value is -0.350. The van der Waals surface area contributed by atoms with E-state index in [1.807, 2.05) is 0 Å². The zero-order valence-electron chi connectivity index (χ0n) is 10.2. The third-order valence-electron chi connectivity index (χ3n) is 2.04. The molecule has 0 aromatic heterocycles. The maximum atomic E-state index is 12.4. The van der Waals surface area contributed by atoms with E-state index in [0.717, 1.165) is 18.2 Å². The number of halogens is 7. The lowest BCUT2D eigenvalue weighted by molar-refractivity contribution is -0.0346. The fourth-order valence-electron chi connectivity index (χ4n) is 1.30. The summed E-state index contributed by atoms with van der Waals surface area (Å²) in [7, 11) is 0. The Balaban J connectivity index is 3.23. The van der Waals surface area contributed by atoms with E-state index in [-0.39, 0.29) is 5.56 Å². The average Bonchev–Trinajstić information content (AvgIpc) is 2.26. The molecular weight excluding hydrogens is 406 g/mol. The van der Waals surface area contributed by atoms with E-state index < -0.39 is 54.9 Å². The van der Waals surface area contributed by atoms with Crippen LogP contribution in [0.5, 0.6) is 0 Å². The predicted molar refractivity (Wildman–Crippen MR) is 73.0 cm³/mol. The molecule has 118 valence electrons. The van der Waals surface area contributed by atoms with Crippen LogP contribution >= 0.6 is 39.5 Å². The summed E-state index contributed by atoms with van der Waals surface area (Å²) >= 11 is 1.64. The van der Waals surface area contributed by atoms with Gasteiger partial charge >= 0.3 is 11.0 Å². The second-order valence-corrected chi connectivity index (χ2v) is 7.32. The largest absolute Gasteiger partial charge is 0.446 e. The lowest BCUT2D eigenvalue weighted by Crippen LogP contribution is -2.11. The van der Waals surface area contributed by atoms with Gasteiger partial charge in [-0.05, 0) is 42.6 Å². The van der Waals surface area contributed by atoms with E-state index in [2.05, 4.69) is 15.9 Å². The maximum absolute atomic E-state index is 12.4. The third-order valence-corrected chi connectivity index (χ3v) is 4.18. The molecule has 0 aliphatic carbocycles. The number of benzene rings is 1. The number of Topliss-reactive ketones (excluding diaryl/α,β-unsaturated/α-hetero) is 1. The topological polar surface area (TPSA) is 17.1 Å². The SMILES string of the molecule is CC(Br)C(=O)c1ccc(SC(F)(F)F)c(SC(F)(F)F)c1. The summed E-state index contributed by atoms with van der Waals surface area (Å²) < 4.78 is 74.3. The van der Waals surface area contributed by atoms with Crippen molar-refractivity contribution < 1.29 is 31.1 Å². The second-order valence-electron chi connectivity index (χ2n) is 3.74. The molecule has 1 aromatic carbocycles. The van der Waals surface area contributed by atoms with E-state index in [1.54, 1.807) is 0 Å². The summed E-state index contributed by atoms with van der Waals surface area (Å²) in [6.07, 6.45) is 0. The van der Waals surface area contributed by atoms with Gasteiger partial charge in [-0.1, -0.05) is 22.0 Å². The zero-order chi connectivity index (χ0) is 16.4. The smallest absolute Gasteiger partial charge is 0.293 e. The van der Waals surface area contributed by atoms with Gasteiger partial charge in [-0.3, -0.25) is 4.79 Å². The molecule has 1 nitrogen and oxygen atoms in total. The van der Waals surface area contributed by atoms with Crippen molar-refractivity contribution in [3.63, 3.8) is 0 Å². The fraction of sp³-hybridized carbons (Fsp3) is 0.364. The third kappa shape index (κ3) is 6.52. The molecule has 1 atom stereocenters. The van der Waals surface area contributed by atoms with E-state index in [0.29, 0.717) is 0 Å². The highest BCUT2D eigenvalue weighted by molar-refractivity contribution is 9.10. The molecule has 0 saturated heterocycles. The number of ketones is 1. The van der Waals surface area contributed by atoms with Crippen molar-refractivity contribution >= 4 is 45.2 Å². The van der Waals surface area contributed by atoms with Crippen molar-refractivity contribution in [1.29, 1.82) is 0 Å². The molecular formula is C11H7BrF6OS2. The molecule has 1 unspecified atom stereocenters. The van der Waals surface area contributed by atoms with Gasteiger partial charge in [-0.15, -0.1) is 0 Å². The number of rotatable bonds is 4. The number of thioether (sulfide) groups is 2. The zero-order valence-corrected chi connectivity index (χ0v) is 13.4. The van der Waals surface area contributed by atoms with Crippen LogP contribution in [0.25, 0.3) is 0 Å². The van der Waals surface area contributed by atoms with Crippen LogP contribution in [0.4, 0.5) is 26.3 Å². The lowest BCUT2D eigenvalue weighted by Gasteiger charge is -2.14. The molecule has 0 N–H and O–H groups in total. The van der Waals surface area contributed by atoms with Gasteiger partial charge in [0.25, 0.3) is 0 Å². The van der Waals surface area contributed by atoms with Crippen LogP contribution in [0.2, 0.25) is 0 Å². The number of carbonyl (C=O) groups excluding carboxylic acids is 1. The van der Waals surface area contributed by atoms with Crippen LogP contribution in [0.3, 0.4) is 0 Å². The van der Waals surface area contributed by atoms with Crippen LogP contribution < -0.4 is 0 Å². The minimum Gasteiger partial charge on any atom is -0.293 e. The Morgan fingerprint density at radius 2 is 1.52 bits per heavy atom. The summed E-state index contributed by atoms with van der Waals surface area (Å²) in [6.45, 7) is 1.47. The first-order chi connectivity index (χ1) is 9.39. The first-order valence-electron chi connectivity index (χ1n) is 5.23. The standard InChI is InChI=1S/C11H7BrF6OS2/c1-5(12)9(19)6-2-3-7(20-10(13,14)15)8(4-6)21-11(16,17)18/h2-5H,1H3. The molecule has 10 heteroatoms. The van der Waals surface area contributed by atoms with E-state index >= 15 is 0 Å². The number of carbonyl (C=O) groups is 1. The minimum absolute atomic E-state index is 0.0855. The van der Waals surface area contributed by atoms with Crippen molar-refractivity contribution in [2.75, 3.05) is 0 Å². The minimum atomic E-state index is -4.75. The molecule has 0 radical (unpaired) electrons. The van der Waals surface area contributed by atoms with Gasteiger partial charge in [0, 0.05) is 15.4 Å². The summed E-state index contributed by atoms with van der Waals surface area (Å²) in [5.41, 5.74) is -9.55. The first kappa shape index (κ1) is 18.7. The van der Waals surface area contributed by atoms with Crippen LogP contribution in [-0.2, 0) is 0 Å². The molecule has 0 aliphatic heterocycles. The first-order valence-corrected chi connectivity index (χ1v) is 7.78. The van der Waals surface area contributed by atoms with Crippen molar-refractivity contribution in [3.8, 4) is 0 Å². The Morgan fingerprint density at radius 1 is 1.05 bits per heavy atom. The van der Waals surface area contributed by atoms with Gasteiger partial charge in [0.1, 0.15) is 0 Å². The molecule has 0 aliphatic rings. The Morgan fingerprint density at radius 3 is 1.95 bits per heavy atom. The van der Waals surface area contributed by atoms with Crippen LogP contribution in [-0.4, -0.2) is 21.6 Å². The molecule has 0 bridgehead atoms. The quantitative estimate of drug-likeness (QED) is 0.266. The van der Waals surface area contributed by atoms with Gasteiger partial charge in [-0.2, -0.15) is 26.3 Å². The number of hydrogen-bond donors (Lipinski definition) is 0. The number of alkyl halides is 7. The van der Waals surface area contributed by atoms with Gasteiger partial charge < -0.3 is 0 Å². The van der Waals surface area contributed by atoms with Gasteiger partial charge in [-0.25, -0.2) is 0 Å². The van der Waals surface area contributed by atoms with E-state index in [9.17, 15) is 31.1 Å². The second kappa shape index (κ2) is 6.82. The monoisotopic (exact) mass is 412 g/mol. The van der Waals surface area contributed by atoms with Gasteiger partial charge in [0.05, 0.1) is 4.83 Å². The van der Waals surface area contributed by atoms with E-state index in [1.165, 1.54) is 6.92 Å². The van der Waals surface area contributed by atoms with Crippen LogP contribution in [0.15, 0.2) is 28.0 Å². The van der Waals surface area contributed by atoms with E-state index in [4.69, 9.17) is 0 Å². The molecule has 0 saturated carbocycles. The van der Waals surface area contributed by atoms with Crippen molar-refractivity contribution in [1.82, 2.24) is 0 Å². The Kier molecular flexibility index (Phi) is 6.08. The fourth-order valence-corrected chi connectivity index (χ4v) is 2.97. The average molecular weight is 413 g/mol. The molecule has 0 fully saturated rings. The van der Waals surface area contributed by atoms with Crippen molar-refractivity contribution in [2.24, 2.45) is 0 Å². The van der Waals surface area contributed by atoms with Crippen molar-refractivity contribution in [3.05, 3.63) is 23.8 Å². The van der Waals surface area contributed by atoms with Crippen LogP contribution in [0, 0.1) is 0 Å². The summed E-state index contributed by atoms with van der Waals surface area (Å²) in [5.74, 6) is -0.511. The Labute approximate surface area is 133 Å². The molecule has 1 rings (SSSR count). The number of hydrogen-bond acceptors (Lipinski definition) is 3.